The Labute approximate surface area is 224 Å². The summed E-state index contributed by atoms with van der Waals surface area (Å²) in [5.74, 6) is -0.746. The molecular formula is C29H39N5O4. The van der Waals surface area contributed by atoms with Crippen LogP contribution >= 0.6 is 0 Å². The van der Waals surface area contributed by atoms with Crippen LogP contribution in [0.3, 0.4) is 0 Å². The molecule has 4 atom stereocenters. The second-order valence-corrected chi connectivity index (χ2v) is 10.7. The summed E-state index contributed by atoms with van der Waals surface area (Å²) in [6, 6.07) is 17.1. The third-order valence-corrected chi connectivity index (χ3v) is 7.33. The molecular weight excluding hydrogens is 482 g/mol. The number of aliphatic hydroxyl groups excluding tert-OH is 1. The van der Waals surface area contributed by atoms with Gasteiger partial charge in [-0.25, -0.2) is 0 Å². The third-order valence-electron chi connectivity index (χ3n) is 7.33. The Morgan fingerprint density at radius 3 is 2.37 bits per heavy atom. The minimum absolute atomic E-state index is 0.00798. The lowest BCUT2D eigenvalue weighted by Gasteiger charge is -2.36. The Hall–Kier alpha value is -3.27. The van der Waals surface area contributed by atoms with Crippen molar-refractivity contribution in [3.63, 3.8) is 0 Å². The minimum atomic E-state index is -1.20. The Morgan fingerprint density at radius 2 is 1.71 bits per heavy atom. The fourth-order valence-corrected chi connectivity index (χ4v) is 5.17. The Morgan fingerprint density at radius 1 is 1.03 bits per heavy atom. The molecule has 2 heterocycles. The molecule has 9 heteroatoms. The summed E-state index contributed by atoms with van der Waals surface area (Å²) < 4.78 is 0. The molecule has 2 aliphatic heterocycles. The van der Waals surface area contributed by atoms with E-state index in [9.17, 15) is 19.5 Å². The maximum atomic E-state index is 13.4. The number of hydrogen-bond acceptors (Lipinski definition) is 6. The van der Waals surface area contributed by atoms with Gasteiger partial charge in [0.1, 0.15) is 12.3 Å². The highest BCUT2D eigenvalue weighted by Gasteiger charge is 2.41. The van der Waals surface area contributed by atoms with Crippen molar-refractivity contribution in [1.82, 2.24) is 20.9 Å². The summed E-state index contributed by atoms with van der Waals surface area (Å²) in [5, 5.41) is 23.1. The molecule has 38 heavy (non-hydrogen) atoms. The lowest BCUT2D eigenvalue weighted by molar-refractivity contribution is -0.138. The number of likely N-dealkylation sites (tertiary alicyclic amines) is 1. The van der Waals surface area contributed by atoms with Crippen LogP contribution < -0.4 is 21.3 Å². The molecule has 0 radical (unpaired) electrons. The van der Waals surface area contributed by atoms with Crippen molar-refractivity contribution in [2.75, 3.05) is 18.4 Å². The number of aliphatic hydroxyl groups is 1. The van der Waals surface area contributed by atoms with Crippen molar-refractivity contribution in [1.29, 1.82) is 0 Å². The smallest absolute Gasteiger partial charge is 0.247 e. The van der Waals surface area contributed by atoms with Crippen LogP contribution in [0.2, 0.25) is 0 Å². The van der Waals surface area contributed by atoms with Gasteiger partial charge in [-0.15, -0.1) is 0 Å². The maximum Gasteiger partial charge on any atom is 0.247 e. The van der Waals surface area contributed by atoms with Crippen LogP contribution in [0.4, 0.5) is 5.69 Å². The van der Waals surface area contributed by atoms with E-state index in [2.05, 4.69) is 21.3 Å². The summed E-state index contributed by atoms with van der Waals surface area (Å²) in [7, 11) is 0. The van der Waals surface area contributed by atoms with Gasteiger partial charge in [-0.1, -0.05) is 48.5 Å². The highest BCUT2D eigenvalue weighted by atomic mass is 16.3. The Kier molecular flexibility index (Phi) is 9.14. The molecule has 3 amide bonds. The highest BCUT2D eigenvalue weighted by Crippen LogP contribution is 2.23. The topological polar surface area (TPSA) is 123 Å². The molecule has 0 bridgehead atoms. The average Bonchev–Trinajstić information content (AvgIpc) is 3.62. The van der Waals surface area contributed by atoms with Crippen molar-refractivity contribution in [3.05, 3.63) is 66.2 Å². The molecule has 0 saturated carbocycles. The van der Waals surface area contributed by atoms with E-state index in [-0.39, 0.29) is 17.9 Å². The van der Waals surface area contributed by atoms with Gasteiger partial charge in [0.25, 0.3) is 0 Å². The molecule has 2 aromatic carbocycles. The number of para-hydroxylation sites is 1. The molecule has 2 aliphatic rings. The van der Waals surface area contributed by atoms with E-state index in [1.807, 2.05) is 48.5 Å². The first-order chi connectivity index (χ1) is 18.2. The van der Waals surface area contributed by atoms with Gasteiger partial charge in [0.2, 0.25) is 17.7 Å². The van der Waals surface area contributed by atoms with E-state index in [0.717, 1.165) is 31.4 Å². The first-order valence-electron chi connectivity index (χ1n) is 13.4. The molecule has 0 aliphatic carbocycles. The Bertz CT molecular complexity index is 1090. The lowest BCUT2D eigenvalue weighted by Crippen LogP contribution is -2.63. The van der Waals surface area contributed by atoms with Gasteiger partial charge in [-0.2, -0.15) is 0 Å². The van der Waals surface area contributed by atoms with E-state index >= 15 is 0 Å². The molecule has 2 saturated heterocycles. The standard InChI is InChI=1S/C29H39N5O4/c1-29(2,33-26(36)24-16-10-18-34(24)27(37)22-15-9-17-30-22)28(38)32-23(19-20-11-5-3-6-12-20)25(35)31-21-13-7-4-8-14-21/h3-8,11-14,22-24,26,30,33,36H,9-10,15-19H2,1-2H3,(H,31,35)(H,32,38)/t22?,23?,24-,26?/m1/s1. The number of carbonyl (C=O) groups excluding carboxylic acids is 3. The van der Waals surface area contributed by atoms with Crippen LogP contribution in [0.5, 0.6) is 0 Å². The molecule has 2 fully saturated rings. The van der Waals surface area contributed by atoms with Crippen molar-refractivity contribution in [2.45, 2.75) is 75.8 Å². The van der Waals surface area contributed by atoms with Crippen LogP contribution in [0.1, 0.15) is 45.1 Å². The van der Waals surface area contributed by atoms with Crippen molar-refractivity contribution in [2.24, 2.45) is 0 Å². The van der Waals surface area contributed by atoms with Crippen LogP contribution in [-0.4, -0.2) is 70.7 Å². The number of nitrogens with zero attached hydrogens (tertiary/aromatic N) is 1. The number of benzene rings is 2. The predicted molar refractivity (Wildman–Crippen MR) is 146 cm³/mol. The van der Waals surface area contributed by atoms with Gasteiger partial charge in [-0.3, -0.25) is 19.7 Å². The monoisotopic (exact) mass is 521 g/mol. The fraction of sp³-hybridized carbons (Fsp3) is 0.483. The number of nitrogens with one attached hydrogen (secondary N) is 4. The van der Waals surface area contributed by atoms with Crippen LogP contribution in [0.25, 0.3) is 0 Å². The van der Waals surface area contributed by atoms with Gasteiger partial charge in [0, 0.05) is 18.7 Å². The number of rotatable bonds is 10. The van der Waals surface area contributed by atoms with E-state index in [1.165, 1.54) is 0 Å². The van der Waals surface area contributed by atoms with Gasteiger partial charge < -0.3 is 26.0 Å². The quantitative estimate of drug-likeness (QED) is 0.304. The summed E-state index contributed by atoms with van der Waals surface area (Å²) in [6.45, 7) is 4.75. The number of carbonyl (C=O) groups is 3. The van der Waals surface area contributed by atoms with Crippen LogP contribution in [0.15, 0.2) is 60.7 Å². The maximum absolute atomic E-state index is 13.4. The van der Waals surface area contributed by atoms with Crippen molar-refractivity contribution >= 4 is 23.4 Å². The second kappa shape index (κ2) is 12.5. The highest BCUT2D eigenvalue weighted by molar-refractivity contribution is 5.98. The first-order valence-corrected chi connectivity index (χ1v) is 13.4. The van der Waals surface area contributed by atoms with Gasteiger partial charge >= 0.3 is 0 Å². The summed E-state index contributed by atoms with van der Waals surface area (Å²) in [6.07, 6.45) is 2.43. The van der Waals surface area contributed by atoms with Crippen molar-refractivity contribution in [3.8, 4) is 0 Å². The third kappa shape index (κ3) is 6.98. The molecule has 2 aromatic rings. The van der Waals surface area contributed by atoms with Gasteiger partial charge in [0.15, 0.2) is 0 Å². The lowest BCUT2D eigenvalue weighted by atomic mass is 9.99. The predicted octanol–water partition coefficient (Wildman–Crippen LogP) is 1.78. The fourth-order valence-electron chi connectivity index (χ4n) is 5.17. The van der Waals surface area contributed by atoms with Gasteiger partial charge in [-0.05, 0) is 63.8 Å². The SMILES string of the molecule is CC(C)(NC(O)[C@H]1CCCN1C(=O)C1CCCN1)C(=O)NC(Cc1ccccc1)C(=O)Nc1ccccc1. The summed E-state index contributed by atoms with van der Waals surface area (Å²) in [4.78, 5) is 41.4. The molecule has 0 spiro atoms. The van der Waals surface area contributed by atoms with E-state index < -0.39 is 29.8 Å². The van der Waals surface area contributed by atoms with Crippen molar-refractivity contribution < 1.29 is 19.5 Å². The number of hydrogen-bond donors (Lipinski definition) is 5. The van der Waals surface area contributed by atoms with Gasteiger partial charge in [0.05, 0.1) is 17.6 Å². The van der Waals surface area contributed by atoms with E-state index in [1.54, 1.807) is 30.9 Å². The van der Waals surface area contributed by atoms with Crippen LogP contribution in [0, 0.1) is 0 Å². The zero-order chi connectivity index (χ0) is 27.1. The number of anilines is 1. The Balaban J connectivity index is 1.42. The molecule has 9 nitrogen and oxygen atoms in total. The van der Waals surface area contributed by atoms with E-state index in [4.69, 9.17) is 0 Å². The first kappa shape index (κ1) is 27.8. The minimum Gasteiger partial charge on any atom is -0.376 e. The molecule has 204 valence electrons. The number of amides is 3. The normalized spacial score (nSPS) is 21.1. The zero-order valence-electron chi connectivity index (χ0n) is 22.2. The van der Waals surface area contributed by atoms with E-state index in [0.29, 0.717) is 25.1 Å². The van der Waals surface area contributed by atoms with Crippen LogP contribution in [-0.2, 0) is 20.8 Å². The molecule has 0 aromatic heterocycles. The molecule has 4 rings (SSSR count). The zero-order valence-corrected chi connectivity index (χ0v) is 22.2. The largest absolute Gasteiger partial charge is 0.376 e. The summed E-state index contributed by atoms with van der Waals surface area (Å²) >= 11 is 0. The summed E-state index contributed by atoms with van der Waals surface area (Å²) in [5.41, 5.74) is 0.345. The molecule has 5 N–H and O–H groups in total. The molecule has 3 unspecified atom stereocenters. The second-order valence-electron chi connectivity index (χ2n) is 10.7. The average molecular weight is 522 g/mol.